The first kappa shape index (κ1) is 25.8. The normalized spacial score (nSPS) is 15.2. The Kier molecular flexibility index (Phi) is 8.71. The molecule has 0 radical (unpaired) electrons. The van der Waals surface area contributed by atoms with Crippen molar-refractivity contribution < 1.29 is 22.7 Å². The van der Waals surface area contributed by atoms with Gasteiger partial charge in [-0.3, -0.25) is 9.69 Å². The number of morpholine rings is 1. The molecular formula is C27H31N3O5S. The average molecular weight is 510 g/mol. The number of nitrogens with one attached hydrogen (secondary N) is 2. The van der Waals surface area contributed by atoms with Crippen molar-refractivity contribution in [2.75, 3.05) is 40.0 Å². The fraction of sp³-hybridized carbons (Fsp3) is 0.296. The highest BCUT2D eigenvalue weighted by Crippen LogP contribution is 2.24. The summed E-state index contributed by atoms with van der Waals surface area (Å²) in [6.07, 6.45) is 0. The third-order valence-corrected chi connectivity index (χ3v) is 7.56. The van der Waals surface area contributed by atoms with Crippen molar-refractivity contribution in [3.63, 3.8) is 0 Å². The minimum atomic E-state index is -3.78. The maximum atomic E-state index is 13.0. The predicted molar refractivity (Wildman–Crippen MR) is 137 cm³/mol. The van der Waals surface area contributed by atoms with Crippen molar-refractivity contribution in [2.24, 2.45) is 0 Å². The number of hydrogen-bond donors (Lipinski definition) is 2. The Bertz CT molecular complexity index is 1240. The largest absolute Gasteiger partial charge is 0.497 e. The van der Waals surface area contributed by atoms with E-state index in [4.69, 9.17) is 9.47 Å². The van der Waals surface area contributed by atoms with Crippen molar-refractivity contribution in [1.82, 2.24) is 14.9 Å². The Hall–Kier alpha value is -3.24. The minimum absolute atomic E-state index is 0.0472. The van der Waals surface area contributed by atoms with Crippen LogP contribution in [0.1, 0.15) is 27.5 Å². The summed E-state index contributed by atoms with van der Waals surface area (Å²) in [5.74, 6) is 0.435. The van der Waals surface area contributed by atoms with Crippen LogP contribution in [-0.4, -0.2) is 59.2 Å². The number of rotatable bonds is 10. The van der Waals surface area contributed by atoms with Crippen LogP contribution in [0.4, 0.5) is 0 Å². The number of carbonyl (C=O) groups excluding carboxylic acids is 1. The first-order valence-electron chi connectivity index (χ1n) is 11.8. The van der Waals surface area contributed by atoms with E-state index >= 15 is 0 Å². The highest BCUT2D eigenvalue weighted by molar-refractivity contribution is 7.89. The zero-order valence-corrected chi connectivity index (χ0v) is 21.0. The summed E-state index contributed by atoms with van der Waals surface area (Å²) in [6.45, 7) is 3.32. The van der Waals surface area contributed by atoms with Crippen LogP contribution in [0.3, 0.4) is 0 Å². The molecule has 0 bridgehead atoms. The summed E-state index contributed by atoms with van der Waals surface area (Å²) in [4.78, 5) is 15.4. The number of hydrogen-bond acceptors (Lipinski definition) is 6. The fourth-order valence-electron chi connectivity index (χ4n) is 4.13. The van der Waals surface area contributed by atoms with Gasteiger partial charge >= 0.3 is 0 Å². The Morgan fingerprint density at radius 2 is 1.72 bits per heavy atom. The van der Waals surface area contributed by atoms with Crippen LogP contribution in [0, 0.1) is 0 Å². The lowest BCUT2D eigenvalue weighted by molar-refractivity contribution is 0.0162. The number of ether oxygens (including phenoxy) is 2. The predicted octanol–water partition coefficient (Wildman–Crippen LogP) is 2.98. The molecule has 0 spiro atoms. The Morgan fingerprint density at radius 1 is 1.00 bits per heavy atom. The number of methoxy groups -OCH3 is 1. The second-order valence-electron chi connectivity index (χ2n) is 8.49. The second kappa shape index (κ2) is 12.1. The SMILES string of the molecule is COc1ccc([C@H](CNC(=O)c2cccc(S(=O)(=O)NCc3ccccc3)c2)N2CCOCC2)cc1. The highest BCUT2D eigenvalue weighted by atomic mass is 32.2. The van der Waals surface area contributed by atoms with Gasteiger partial charge in [-0.1, -0.05) is 48.5 Å². The van der Waals surface area contributed by atoms with E-state index in [1.54, 1.807) is 19.2 Å². The van der Waals surface area contributed by atoms with Crippen LogP contribution in [-0.2, 0) is 21.3 Å². The van der Waals surface area contributed by atoms with Gasteiger partial charge in [0.05, 0.1) is 31.3 Å². The molecule has 8 nitrogen and oxygen atoms in total. The summed E-state index contributed by atoms with van der Waals surface area (Å²) in [6, 6.07) is 23.1. The molecule has 36 heavy (non-hydrogen) atoms. The number of amides is 1. The molecule has 1 heterocycles. The van der Waals surface area contributed by atoms with Crippen molar-refractivity contribution in [1.29, 1.82) is 0 Å². The minimum Gasteiger partial charge on any atom is -0.497 e. The molecule has 1 aliphatic heterocycles. The molecule has 1 saturated heterocycles. The Morgan fingerprint density at radius 3 is 2.42 bits per heavy atom. The second-order valence-corrected chi connectivity index (χ2v) is 10.3. The summed E-state index contributed by atoms with van der Waals surface area (Å²) in [7, 11) is -2.15. The van der Waals surface area contributed by atoms with Crippen LogP contribution < -0.4 is 14.8 Å². The molecule has 1 fully saturated rings. The van der Waals surface area contributed by atoms with Crippen molar-refractivity contribution in [3.8, 4) is 5.75 Å². The molecule has 0 saturated carbocycles. The van der Waals surface area contributed by atoms with Crippen LogP contribution in [0.5, 0.6) is 5.75 Å². The van der Waals surface area contributed by atoms with Gasteiger partial charge in [0, 0.05) is 31.7 Å². The summed E-state index contributed by atoms with van der Waals surface area (Å²) in [5.41, 5.74) is 2.19. The monoisotopic (exact) mass is 509 g/mol. The van der Waals surface area contributed by atoms with E-state index < -0.39 is 10.0 Å². The molecule has 1 aliphatic rings. The fourth-order valence-corrected chi connectivity index (χ4v) is 5.19. The van der Waals surface area contributed by atoms with Crippen molar-refractivity contribution in [2.45, 2.75) is 17.5 Å². The smallest absolute Gasteiger partial charge is 0.251 e. The molecule has 9 heteroatoms. The summed E-state index contributed by atoms with van der Waals surface area (Å²) >= 11 is 0. The Labute approximate surface area is 212 Å². The van der Waals surface area contributed by atoms with Crippen LogP contribution >= 0.6 is 0 Å². The molecule has 1 amide bonds. The molecule has 2 N–H and O–H groups in total. The van der Waals surface area contributed by atoms with E-state index in [0.29, 0.717) is 19.8 Å². The van der Waals surface area contributed by atoms with E-state index in [-0.39, 0.29) is 29.0 Å². The van der Waals surface area contributed by atoms with E-state index in [2.05, 4.69) is 14.9 Å². The van der Waals surface area contributed by atoms with E-state index in [9.17, 15) is 13.2 Å². The quantitative estimate of drug-likeness (QED) is 0.436. The molecular weight excluding hydrogens is 478 g/mol. The molecule has 0 aliphatic carbocycles. The zero-order chi connectivity index (χ0) is 25.4. The third kappa shape index (κ3) is 6.70. The van der Waals surface area contributed by atoms with Crippen molar-refractivity contribution in [3.05, 3.63) is 95.6 Å². The van der Waals surface area contributed by atoms with Crippen LogP contribution in [0.15, 0.2) is 83.8 Å². The van der Waals surface area contributed by atoms with E-state index in [1.807, 2.05) is 54.6 Å². The zero-order valence-electron chi connectivity index (χ0n) is 20.2. The summed E-state index contributed by atoms with van der Waals surface area (Å²) in [5, 5.41) is 2.99. The molecule has 1 atom stereocenters. The van der Waals surface area contributed by atoms with E-state index in [1.165, 1.54) is 12.1 Å². The van der Waals surface area contributed by atoms with Crippen LogP contribution in [0.25, 0.3) is 0 Å². The topological polar surface area (TPSA) is 97.0 Å². The molecule has 190 valence electrons. The number of nitrogens with zero attached hydrogens (tertiary/aromatic N) is 1. The standard InChI is InChI=1S/C27H31N3O5S/c1-34-24-12-10-22(11-13-24)26(30-14-16-35-17-15-30)20-28-27(31)23-8-5-9-25(18-23)36(32,33)29-19-21-6-3-2-4-7-21/h2-13,18,26,29H,14-17,19-20H2,1H3,(H,28,31)/t26-/m0/s1. The first-order chi connectivity index (χ1) is 17.5. The lowest BCUT2D eigenvalue weighted by Crippen LogP contribution is -2.43. The highest BCUT2D eigenvalue weighted by Gasteiger charge is 2.24. The maximum Gasteiger partial charge on any atom is 0.251 e. The van der Waals surface area contributed by atoms with Gasteiger partial charge in [-0.05, 0) is 41.5 Å². The Balaban J connectivity index is 1.45. The maximum absolute atomic E-state index is 13.0. The lowest BCUT2D eigenvalue weighted by Gasteiger charge is -2.35. The first-order valence-corrected chi connectivity index (χ1v) is 13.3. The molecule has 3 aromatic carbocycles. The summed E-state index contributed by atoms with van der Waals surface area (Å²) < 4.78 is 39.0. The number of carbonyl (C=O) groups is 1. The third-order valence-electron chi connectivity index (χ3n) is 6.16. The molecule has 0 aromatic heterocycles. The van der Waals surface area contributed by atoms with E-state index in [0.717, 1.165) is 30.0 Å². The number of sulfonamides is 1. The molecule has 0 unspecified atom stereocenters. The number of benzene rings is 3. The van der Waals surface area contributed by atoms with Gasteiger partial charge < -0.3 is 14.8 Å². The average Bonchev–Trinajstić information content (AvgIpc) is 2.93. The van der Waals surface area contributed by atoms with Crippen molar-refractivity contribution >= 4 is 15.9 Å². The van der Waals surface area contributed by atoms with Gasteiger partial charge in [0.1, 0.15) is 5.75 Å². The van der Waals surface area contributed by atoms with Gasteiger partial charge in [-0.15, -0.1) is 0 Å². The van der Waals surface area contributed by atoms with Gasteiger partial charge in [0.2, 0.25) is 10.0 Å². The van der Waals surface area contributed by atoms with Gasteiger partial charge in [0.25, 0.3) is 5.91 Å². The van der Waals surface area contributed by atoms with Gasteiger partial charge in [0.15, 0.2) is 0 Å². The lowest BCUT2D eigenvalue weighted by atomic mass is 10.0. The van der Waals surface area contributed by atoms with Gasteiger partial charge in [-0.2, -0.15) is 0 Å². The van der Waals surface area contributed by atoms with Crippen LogP contribution in [0.2, 0.25) is 0 Å². The van der Waals surface area contributed by atoms with Gasteiger partial charge in [-0.25, -0.2) is 13.1 Å². The molecule has 4 rings (SSSR count). The molecule has 3 aromatic rings.